The average Bonchev–Trinajstić information content (AvgIpc) is 3.01. The molecule has 2 rings (SSSR count). The second-order valence-electron chi connectivity index (χ2n) is 5.54. The Labute approximate surface area is 169 Å². The molecular formula is C16H18ClF3N2O4S2. The van der Waals surface area contributed by atoms with E-state index in [9.17, 15) is 18.0 Å². The Bertz CT molecular complexity index is 869. The van der Waals surface area contributed by atoms with Crippen molar-refractivity contribution in [1.82, 2.24) is 9.55 Å². The van der Waals surface area contributed by atoms with Crippen LogP contribution in [0, 0.1) is 0 Å². The first kappa shape index (κ1) is 24.5. The molecule has 0 saturated heterocycles. The molecule has 1 aromatic carbocycles. The van der Waals surface area contributed by atoms with Gasteiger partial charge in [-0.2, -0.15) is 21.6 Å². The molecule has 1 aromatic heterocycles. The molecule has 0 amide bonds. The van der Waals surface area contributed by atoms with Crippen LogP contribution < -0.4 is 0 Å². The van der Waals surface area contributed by atoms with Crippen molar-refractivity contribution in [2.24, 2.45) is 0 Å². The topological polar surface area (TPSA) is 89.3 Å². The zero-order chi connectivity index (χ0) is 21.4. The van der Waals surface area contributed by atoms with Crippen LogP contribution in [0.5, 0.6) is 0 Å². The van der Waals surface area contributed by atoms with E-state index >= 15 is 0 Å². The normalized spacial score (nSPS) is 11.6. The Balaban J connectivity index is 0.000000416. The van der Waals surface area contributed by atoms with Crippen molar-refractivity contribution < 1.29 is 30.9 Å². The number of aromatic nitrogens is 2. The predicted molar refractivity (Wildman–Crippen MR) is 101 cm³/mol. The molecule has 2 aromatic rings. The molecule has 6 nitrogen and oxygen atoms in total. The molecule has 0 aliphatic rings. The summed E-state index contributed by atoms with van der Waals surface area (Å²) in [5.74, 6) is 0.652. The number of rotatable bonds is 7. The number of Topliss-reactive ketones (excluding diaryl/α,β-unsaturated/α-hetero) is 1. The molecule has 156 valence electrons. The summed E-state index contributed by atoms with van der Waals surface area (Å²) in [4.78, 5) is 15.3. The smallest absolute Gasteiger partial charge is 0.326 e. The summed E-state index contributed by atoms with van der Waals surface area (Å²) >= 11 is 7.36. The van der Waals surface area contributed by atoms with E-state index in [2.05, 4.69) is 21.7 Å². The van der Waals surface area contributed by atoms with Gasteiger partial charge in [-0.3, -0.25) is 9.35 Å². The zero-order valence-electron chi connectivity index (χ0n) is 14.7. The van der Waals surface area contributed by atoms with Gasteiger partial charge in [0.15, 0.2) is 5.16 Å². The Morgan fingerprint density at radius 3 is 2.36 bits per heavy atom. The highest BCUT2D eigenvalue weighted by Gasteiger charge is 2.44. The number of imidazole rings is 1. The number of alkyl halides is 3. The molecule has 1 heterocycles. The number of nitrogens with zero attached hydrogens (tertiary/aromatic N) is 2. The molecule has 12 heteroatoms. The summed E-state index contributed by atoms with van der Waals surface area (Å²) in [6.07, 6.45) is 5.78. The summed E-state index contributed by atoms with van der Waals surface area (Å²) in [5.41, 5.74) is -4.25. The zero-order valence-corrected chi connectivity index (χ0v) is 17.1. The lowest BCUT2D eigenvalue weighted by molar-refractivity contribution is -0.114. The number of hydrogen-bond donors (Lipinski definition) is 1. The summed E-state index contributed by atoms with van der Waals surface area (Å²) in [5, 5.41) is 1.68. The number of hydrogen-bond acceptors (Lipinski definition) is 5. The molecule has 1 N–H and O–H groups in total. The minimum absolute atomic E-state index is 0.172. The van der Waals surface area contributed by atoms with Gasteiger partial charge < -0.3 is 4.57 Å². The number of carbonyl (C=O) groups is 1. The first-order chi connectivity index (χ1) is 12.9. The second kappa shape index (κ2) is 10.8. The van der Waals surface area contributed by atoms with E-state index in [4.69, 9.17) is 24.6 Å². The fourth-order valence-corrected chi connectivity index (χ4v) is 2.79. The van der Waals surface area contributed by atoms with Crippen molar-refractivity contribution in [2.45, 2.75) is 37.0 Å². The van der Waals surface area contributed by atoms with Crippen LogP contribution in [0.25, 0.3) is 0 Å². The van der Waals surface area contributed by atoms with Crippen molar-refractivity contribution >= 4 is 39.3 Å². The monoisotopic (exact) mass is 458 g/mol. The van der Waals surface area contributed by atoms with Crippen LogP contribution in [0.15, 0.2) is 41.8 Å². The van der Waals surface area contributed by atoms with Crippen molar-refractivity contribution in [1.29, 1.82) is 0 Å². The highest BCUT2D eigenvalue weighted by molar-refractivity contribution is 7.99. The third kappa shape index (κ3) is 9.09. The molecular weight excluding hydrogens is 441 g/mol. The quantitative estimate of drug-likeness (QED) is 0.379. The lowest BCUT2D eigenvalue weighted by Crippen LogP contribution is -2.21. The van der Waals surface area contributed by atoms with Crippen LogP contribution in [-0.4, -0.2) is 39.6 Å². The molecule has 0 bridgehead atoms. The minimum atomic E-state index is -5.84. The van der Waals surface area contributed by atoms with E-state index < -0.39 is 15.6 Å². The maximum absolute atomic E-state index is 11.0. The van der Waals surface area contributed by atoms with Crippen molar-refractivity contribution in [3.05, 3.63) is 47.2 Å². The molecule has 0 atom stereocenters. The average molecular weight is 459 g/mol. The van der Waals surface area contributed by atoms with Crippen LogP contribution in [0.4, 0.5) is 13.2 Å². The lowest BCUT2D eigenvalue weighted by atomic mass is 10.1. The van der Waals surface area contributed by atoms with Gasteiger partial charge >= 0.3 is 15.6 Å². The van der Waals surface area contributed by atoms with Gasteiger partial charge in [0.05, 0.1) is 5.75 Å². The molecule has 0 unspecified atom stereocenters. The Hall–Kier alpha value is -1.56. The van der Waals surface area contributed by atoms with Gasteiger partial charge in [-0.05, 0) is 37.5 Å². The summed E-state index contributed by atoms with van der Waals surface area (Å²) in [7, 11) is -5.84. The standard InChI is InChI=1S/C15H17ClN2OS.CHF3O3S/c1-12(19)11-20-15-17-8-10-18(15)9-2-3-13-4-6-14(16)7-5-13;2-1(3,4)8(5,6)7/h4-8,10H,2-3,9,11H2,1H3;(H,5,6,7). The molecule has 0 aliphatic carbocycles. The predicted octanol–water partition coefficient (Wildman–Crippen LogP) is 4.24. The van der Waals surface area contributed by atoms with Crippen LogP contribution >= 0.6 is 23.4 Å². The van der Waals surface area contributed by atoms with Gasteiger partial charge in [0.25, 0.3) is 0 Å². The number of benzene rings is 1. The number of aryl methyl sites for hydroxylation is 2. The highest BCUT2D eigenvalue weighted by Crippen LogP contribution is 2.20. The number of carbonyl (C=O) groups excluding carboxylic acids is 1. The maximum atomic E-state index is 11.0. The van der Waals surface area contributed by atoms with Crippen LogP contribution in [0.2, 0.25) is 5.02 Å². The van der Waals surface area contributed by atoms with Crippen molar-refractivity contribution in [2.75, 3.05) is 5.75 Å². The Morgan fingerprint density at radius 2 is 1.86 bits per heavy atom. The number of ketones is 1. The number of halogens is 4. The number of thioether (sulfide) groups is 1. The van der Waals surface area contributed by atoms with E-state index in [0.717, 1.165) is 29.6 Å². The Kier molecular flexibility index (Phi) is 9.48. The van der Waals surface area contributed by atoms with Crippen LogP contribution in [0.3, 0.4) is 0 Å². The molecule has 0 saturated carbocycles. The third-order valence-corrected chi connectivity index (χ3v) is 5.14. The largest absolute Gasteiger partial charge is 0.522 e. The maximum Gasteiger partial charge on any atom is 0.522 e. The van der Waals surface area contributed by atoms with Crippen molar-refractivity contribution in [3.8, 4) is 0 Å². The van der Waals surface area contributed by atoms with Gasteiger partial charge in [0, 0.05) is 24.0 Å². The third-order valence-electron chi connectivity index (χ3n) is 3.15. The van der Waals surface area contributed by atoms with Gasteiger partial charge in [0.2, 0.25) is 0 Å². The highest BCUT2D eigenvalue weighted by atomic mass is 35.5. The molecule has 28 heavy (non-hydrogen) atoms. The van der Waals surface area contributed by atoms with Gasteiger partial charge in [-0.25, -0.2) is 4.98 Å². The molecule has 0 spiro atoms. The van der Waals surface area contributed by atoms with Crippen LogP contribution in [-0.2, 0) is 27.9 Å². The first-order valence-electron chi connectivity index (χ1n) is 7.81. The van der Waals surface area contributed by atoms with Gasteiger partial charge in [0.1, 0.15) is 5.78 Å². The molecule has 0 fully saturated rings. The fourth-order valence-electron chi connectivity index (χ4n) is 1.88. The molecule has 0 radical (unpaired) electrons. The fraction of sp³-hybridized carbons (Fsp3) is 0.375. The van der Waals surface area contributed by atoms with E-state index in [-0.39, 0.29) is 5.78 Å². The van der Waals surface area contributed by atoms with E-state index in [1.165, 1.54) is 17.3 Å². The second-order valence-corrected chi connectivity index (χ2v) is 8.34. The van der Waals surface area contributed by atoms with Crippen LogP contribution in [0.1, 0.15) is 18.9 Å². The summed E-state index contributed by atoms with van der Waals surface area (Å²) < 4.78 is 59.6. The Morgan fingerprint density at radius 1 is 1.29 bits per heavy atom. The van der Waals surface area contributed by atoms with E-state index in [1.54, 1.807) is 13.1 Å². The summed E-state index contributed by atoms with van der Waals surface area (Å²) in [6.45, 7) is 2.50. The minimum Gasteiger partial charge on any atom is -0.326 e. The van der Waals surface area contributed by atoms with Crippen molar-refractivity contribution in [3.63, 3.8) is 0 Å². The first-order valence-corrected chi connectivity index (χ1v) is 10.6. The van der Waals surface area contributed by atoms with Gasteiger partial charge in [-0.1, -0.05) is 35.5 Å². The van der Waals surface area contributed by atoms with Gasteiger partial charge in [-0.15, -0.1) is 0 Å². The molecule has 0 aliphatic heterocycles. The lowest BCUT2D eigenvalue weighted by Gasteiger charge is -2.07. The summed E-state index contributed by atoms with van der Waals surface area (Å²) in [6, 6.07) is 7.95. The van der Waals surface area contributed by atoms with E-state index in [0.29, 0.717) is 5.75 Å². The van der Waals surface area contributed by atoms with E-state index in [1.807, 2.05) is 18.3 Å². The SMILES string of the molecule is CC(=O)CSc1nccn1CCCc1ccc(Cl)cc1.O=S(=O)(O)C(F)(F)F.